The van der Waals surface area contributed by atoms with Crippen molar-refractivity contribution in [1.29, 1.82) is 0 Å². The predicted octanol–water partition coefficient (Wildman–Crippen LogP) is 1.93. The minimum atomic E-state index is -0.846. The number of aliphatic carboxylic acids is 1. The Morgan fingerprint density at radius 1 is 1.27 bits per heavy atom. The highest BCUT2D eigenvalue weighted by Crippen LogP contribution is 2.21. The summed E-state index contributed by atoms with van der Waals surface area (Å²) in [4.78, 5) is 22.2. The molecule has 0 amide bonds. The summed E-state index contributed by atoms with van der Waals surface area (Å²) in [5.74, 6) is -1.97. The minimum Gasteiger partial charge on any atom is -0.481 e. The van der Waals surface area contributed by atoms with Gasteiger partial charge in [0.25, 0.3) is 0 Å². The molecule has 2 atom stereocenters. The van der Waals surface area contributed by atoms with Gasteiger partial charge in [-0.25, -0.2) is 0 Å². The van der Waals surface area contributed by atoms with Gasteiger partial charge in [-0.05, 0) is 19.3 Å². The number of rotatable bonds is 6. The standard InChI is InChI=1S/C11H20O4/c1-5-15-11(14)8(4)6-9(7(2)3)10(12)13/h7-9H,5-6H2,1-4H3,(H,12,13). The normalized spacial score (nSPS) is 14.7. The summed E-state index contributed by atoms with van der Waals surface area (Å²) in [7, 11) is 0. The molecule has 1 N–H and O–H groups in total. The number of carbonyl (C=O) groups is 2. The van der Waals surface area contributed by atoms with Crippen LogP contribution in [-0.4, -0.2) is 23.7 Å². The van der Waals surface area contributed by atoms with Gasteiger partial charge < -0.3 is 9.84 Å². The number of carbonyl (C=O) groups excluding carboxylic acids is 1. The molecule has 88 valence electrons. The SMILES string of the molecule is CCOC(=O)C(C)CC(C(=O)O)C(C)C. The van der Waals surface area contributed by atoms with E-state index in [1.807, 2.05) is 13.8 Å². The molecular weight excluding hydrogens is 196 g/mol. The smallest absolute Gasteiger partial charge is 0.308 e. The van der Waals surface area contributed by atoms with E-state index in [1.165, 1.54) is 0 Å². The van der Waals surface area contributed by atoms with Crippen LogP contribution in [0.15, 0.2) is 0 Å². The second kappa shape index (κ2) is 6.43. The Bertz CT molecular complexity index is 223. The quantitative estimate of drug-likeness (QED) is 0.689. The molecule has 15 heavy (non-hydrogen) atoms. The van der Waals surface area contributed by atoms with E-state index >= 15 is 0 Å². The highest BCUT2D eigenvalue weighted by atomic mass is 16.5. The van der Waals surface area contributed by atoms with Crippen LogP contribution in [0.3, 0.4) is 0 Å². The number of hydrogen-bond donors (Lipinski definition) is 1. The topological polar surface area (TPSA) is 63.6 Å². The molecule has 0 aromatic rings. The molecule has 0 bridgehead atoms. The maximum atomic E-state index is 11.3. The largest absolute Gasteiger partial charge is 0.481 e. The fourth-order valence-corrected chi connectivity index (χ4v) is 1.42. The molecular formula is C11H20O4. The monoisotopic (exact) mass is 216 g/mol. The average molecular weight is 216 g/mol. The lowest BCUT2D eigenvalue weighted by Gasteiger charge is -2.19. The zero-order valence-corrected chi connectivity index (χ0v) is 9.82. The molecule has 0 fully saturated rings. The van der Waals surface area contributed by atoms with Gasteiger partial charge in [0.2, 0.25) is 0 Å². The zero-order chi connectivity index (χ0) is 12.0. The Labute approximate surface area is 90.6 Å². The fourth-order valence-electron chi connectivity index (χ4n) is 1.42. The van der Waals surface area contributed by atoms with E-state index in [4.69, 9.17) is 9.84 Å². The van der Waals surface area contributed by atoms with Crippen LogP contribution in [0.4, 0.5) is 0 Å². The molecule has 0 aromatic heterocycles. The Hall–Kier alpha value is -1.06. The second-order valence-electron chi connectivity index (χ2n) is 4.08. The van der Waals surface area contributed by atoms with Gasteiger partial charge in [-0.2, -0.15) is 0 Å². The first-order valence-corrected chi connectivity index (χ1v) is 5.29. The van der Waals surface area contributed by atoms with Crippen molar-refractivity contribution >= 4 is 11.9 Å². The van der Waals surface area contributed by atoms with E-state index in [9.17, 15) is 9.59 Å². The van der Waals surface area contributed by atoms with Crippen LogP contribution in [0.25, 0.3) is 0 Å². The van der Waals surface area contributed by atoms with Crippen LogP contribution in [-0.2, 0) is 14.3 Å². The summed E-state index contributed by atoms with van der Waals surface area (Å²) >= 11 is 0. The molecule has 2 unspecified atom stereocenters. The number of carboxylic acid groups (broad SMARTS) is 1. The summed E-state index contributed by atoms with van der Waals surface area (Å²) in [6.07, 6.45) is 0.339. The van der Waals surface area contributed by atoms with Gasteiger partial charge in [0.1, 0.15) is 0 Å². The summed E-state index contributed by atoms with van der Waals surface area (Å²) in [6.45, 7) is 7.47. The van der Waals surface area contributed by atoms with Gasteiger partial charge in [0.05, 0.1) is 18.4 Å². The first-order valence-electron chi connectivity index (χ1n) is 5.29. The maximum absolute atomic E-state index is 11.3. The van der Waals surface area contributed by atoms with Gasteiger partial charge in [-0.3, -0.25) is 9.59 Å². The van der Waals surface area contributed by atoms with Crippen LogP contribution < -0.4 is 0 Å². The number of ether oxygens (including phenoxy) is 1. The van der Waals surface area contributed by atoms with Crippen molar-refractivity contribution in [2.75, 3.05) is 6.61 Å². The van der Waals surface area contributed by atoms with Crippen molar-refractivity contribution in [3.05, 3.63) is 0 Å². The molecule has 0 saturated heterocycles. The third-order valence-electron chi connectivity index (χ3n) is 2.42. The van der Waals surface area contributed by atoms with Gasteiger partial charge in [0, 0.05) is 0 Å². The van der Waals surface area contributed by atoms with E-state index in [-0.39, 0.29) is 17.8 Å². The highest BCUT2D eigenvalue weighted by Gasteiger charge is 2.27. The number of esters is 1. The molecule has 0 heterocycles. The van der Waals surface area contributed by atoms with Crippen molar-refractivity contribution in [3.63, 3.8) is 0 Å². The van der Waals surface area contributed by atoms with Crippen LogP contribution in [0.5, 0.6) is 0 Å². The number of hydrogen-bond acceptors (Lipinski definition) is 3. The third kappa shape index (κ3) is 4.81. The van der Waals surface area contributed by atoms with Gasteiger partial charge >= 0.3 is 11.9 Å². The molecule has 0 aromatic carbocycles. The first kappa shape index (κ1) is 13.9. The van der Waals surface area contributed by atoms with Gasteiger partial charge in [-0.1, -0.05) is 20.8 Å². The second-order valence-corrected chi connectivity index (χ2v) is 4.08. The third-order valence-corrected chi connectivity index (χ3v) is 2.42. The molecule has 0 aliphatic rings. The van der Waals surface area contributed by atoms with Gasteiger partial charge in [-0.15, -0.1) is 0 Å². The Morgan fingerprint density at radius 2 is 1.80 bits per heavy atom. The molecule has 4 heteroatoms. The van der Waals surface area contributed by atoms with E-state index in [2.05, 4.69) is 0 Å². The summed E-state index contributed by atoms with van der Waals surface area (Å²) < 4.78 is 4.83. The van der Waals surface area contributed by atoms with Crippen molar-refractivity contribution in [2.45, 2.75) is 34.1 Å². The van der Waals surface area contributed by atoms with Crippen molar-refractivity contribution < 1.29 is 19.4 Å². The molecule has 0 aliphatic heterocycles. The summed E-state index contributed by atoms with van der Waals surface area (Å²) in [5, 5.41) is 8.95. The van der Waals surface area contributed by atoms with E-state index < -0.39 is 11.9 Å². The van der Waals surface area contributed by atoms with Crippen LogP contribution >= 0.6 is 0 Å². The van der Waals surface area contributed by atoms with Crippen LogP contribution in [0, 0.1) is 17.8 Å². The lowest BCUT2D eigenvalue weighted by Crippen LogP contribution is -2.26. The first-order chi connectivity index (χ1) is 6.90. The Morgan fingerprint density at radius 3 is 2.13 bits per heavy atom. The summed E-state index contributed by atoms with van der Waals surface area (Å²) in [5.41, 5.74) is 0. The fraction of sp³-hybridized carbons (Fsp3) is 0.818. The molecule has 0 saturated carbocycles. The lowest BCUT2D eigenvalue weighted by atomic mass is 9.87. The van der Waals surface area contributed by atoms with Crippen LogP contribution in [0.1, 0.15) is 34.1 Å². The Balaban J connectivity index is 4.28. The molecule has 0 rings (SSSR count). The summed E-state index contributed by atoms with van der Waals surface area (Å²) in [6, 6.07) is 0. The van der Waals surface area contributed by atoms with E-state index in [0.29, 0.717) is 13.0 Å². The Kier molecular flexibility index (Phi) is 5.97. The van der Waals surface area contributed by atoms with Crippen molar-refractivity contribution in [1.82, 2.24) is 0 Å². The minimum absolute atomic E-state index is 0.0272. The van der Waals surface area contributed by atoms with Crippen molar-refractivity contribution in [2.24, 2.45) is 17.8 Å². The average Bonchev–Trinajstić information content (AvgIpc) is 2.12. The number of carboxylic acids is 1. The van der Waals surface area contributed by atoms with Gasteiger partial charge in [0.15, 0.2) is 0 Å². The van der Waals surface area contributed by atoms with Crippen molar-refractivity contribution in [3.8, 4) is 0 Å². The van der Waals surface area contributed by atoms with E-state index in [0.717, 1.165) is 0 Å². The highest BCUT2D eigenvalue weighted by molar-refractivity contribution is 5.74. The molecule has 0 radical (unpaired) electrons. The maximum Gasteiger partial charge on any atom is 0.308 e. The van der Waals surface area contributed by atoms with E-state index in [1.54, 1.807) is 13.8 Å². The lowest BCUT2D eigenvalue weighted by molar-refractivity contribution is -0.150. The molecule has 4 nitrogen and oxygen atoms in total. The zero-order valence-electron chi connectivity index (χ0n) is 9.82. The predicted molar refractivity (Wildman–Crippen MR) is 56.4 cm³/mol. The molecule has 0 spiro atoms. The molecule has 0 aliphatic carbocycles. The van der Waals surface area contributed by atoms with Crippen LogP contribution in [0.2, 0.25) is 0 Å².